The second-order valence-corrected chi connectivity index (χ2v) is 5.83. The number of carbonyl (C=O) groups excluding carboxylic acids is 1. The quantitative estimate of drug-likeness (QED) is 0.840. The van der Waals surface area contributed by atoms with Gasteiger partial charge in [-0.2, -0.15) is 0 Å². The summed E-state index contributed by atoms with van der Waals surface area (Å²) >= 11 is 0. The maximum atomic E-state index is 12.1. The Morgan fingerprint density at radius 2 is 1.71 bits per heavy atom. The molecule has 0 bridgehead atoms. The van der Waals surface area contributed by atoms with Gasteiger partial charge in [0.25, 0.3) is 0 Å². The lowest BCUT2D eigenvalue weighted by atomic mass is 10.2. The Kier molecular flexibility index (Phi) is 5.21. The summed E-state index contributed by atoms with van der Waals surface area (Å²) < 4.78 is 11.1. The fourth-order valence-corrected chi connectivity index (χ4v) is 2.85. The van der Waals surface area contributed by atoms with E-state index in [0.29, 0.717) is 23.2 Å². The molecule has 1 aliphatic carbocycles. The van der Waals surface area contributed by atoms with E-state index in [2.05, 4.69) is 10.6 Å². The Morgan fingerprint density at radius 3 is 2.42 bits per heavy atom. The molecule has 0 unspecified atom stereocenters. The van der Waals surface area contributed by atoms with Crippen molar-refractivity contribution >= 4 is 17.4 Å². The summed E-state index contributed by atoms with van der Waals surface area (Å²) in [5.74, 6) is 1.46. The van der Waals surface area contributed by atoms with Crippen LogP contribution in [0, 0.1) is 0 Å². The van der Waals surface area contributed by atoms with Crippen LogP contribution in [0.2, 0.25) is 0 Å². The van der Waals surface area contributed by atoms with Crippen LogP contribution in [0.3, 0.4) is 0 Å². The highest BCUT2D eigenvalue weighted by molar-refractivity contribution is 6.00. The van der Waals surface area contributed by atoms with Crippen molar-refractivity contribution in [3.05, 3.63) is 48.5 Å². The number of methoxy groups -OCH3 is 1. The van der Waals surface area contributed by atoms with Crippen LogP contribution >= 0.6 is 0 Å². The van der Waals surface area contributed by atoms with E-state index in [1.807, 2.05) is 36.4 Å². The number of anilines is 2. The first-order valence-electron chi connectivity index (χ1n) is 8.22. The van der Waals surface area contributed by atoms with Gasteiger partial charge in [0.05, 0.1) is 18.9 Å². The Labute approximate surface area is 142 Å². The summed E-state index contributed by atoms with van der Waals surface area (Å²) in [5, 5.41) is 5.58. The first-order chi connectivity index (χ1) is 11.7. The molecule has 2 amide bonds. The molecule has 5 nitrogen and oxygen atoms in total. The molecule has 0 radical (unpaired) electrons. The number of amides is 2. The standard InChI is InChI=1S/C19H22N2O3/c1-23-18-9-5-4-8-17(18)21-19(22)20-14-10-12-16(13-11-14)24-15-6-2-3-7-15/h4-5,8-13,15H,2-3,6-7H2,1H3,(H2,20,21,22). The first-order valence-corrected chi connectivity index (χ1v) is 8.22. The molecule has 0 aromatic heterocycles. The van der Waals surface area contributed by atoms with Gasteiger partial charge >= 0.3 is 6.03 Å². The molecular weight excluding hydrogens is 304 g/mol. The average Bonchev–Trinajstić information content (AvgIpc) is 3.10. The third kappa shape index (κ3) is 4.19. The second kappa shape index (κ2) is 7.73. The molecule has 5 heteroatoms. The molecular formula is C19H22N2O3. The number of ether oxygens (including phenoxy) is 2. The molecule has 1 saturated carbocycles. The predicted molar refractivity (Wildman–Crippen MR) is 95.0 cm³/mol. The Hall–Kier alpha value is -2.69. The van der Waals surface area contributed by atoms with E-state index in [1.54, 1.807) is 19.2 Å². The van der Waals surface area contributed by atoms with Gasteiger partial charge in [-0.1, -0.05) is 12.1 Å². The Bertz CT molecular complexity index is 679. The summed E-state index contributed by atoms with van der Waals surface area (Å²) in [7, 11) is 1.57. The highest BCUT2D eigenvalue weighted by Gasteiger charge is 2.16. The van der Waals surface area contributed by atoms with Crippen LogP contribution in [0.1, 0.15) is 25.7 Å². The molecule has 1 fully saturated rings. The van der Waals surface area contributed by atoms with Crippen LogP contribution in [-0.2, 0) is 0 Å². The lowest BCUT2D eigenvalue weighted by Crippen LogP contribution is -2.19. The smallest absolute Gasteiger partial charge is 0.323 e. The van der Waals surface area contributed by atoms with Gasteiger partial charge in [-0.25, -0.2) is 4.79 Å². The zero-order valence-corrected chi connectivity index (χ0v) is 13.7. The normalized spacial score (nSPS) is 14.2. The summed E-state index contributed by atoms with van der Waals surface area (Å²) in [5.41, 5.74) is 1.33. The van der Waals surface area contributed by atoms with E-state index < -0.39 is 0 Å². The van der Waals surface area contributed by atoms with Crippen LogP contribution in [-0.4, -0.2) is 19.2 Å². The minimum Gasteiger partial charge on any atom is -0.495 e. The van der Waals surface area contributed by atoms with E-state index >= 15 is 0 Å². The lowest BCUT2D eigenvalue weighted by Gasteiger charge is -2.14. The van der Waals surface area contributed by atoms with E-state index in [0.717, 1.165) is 18.6 Å². The van der Waals surface area contributed by atoms with Crippen molar-refractivity contribution in [1.29, 1.82) is 0 Å². The maximum Gasteiger partial charge on any atom is 0.323 e. The number of rotatable bonds is 5. The molecule has 3 rings (SSSR count). The van der Waals surface area contributed by atoms with Crippen molar-refractivity contribution < 1.29 is 14.3 Å². The fraction of sp³-hybridized carbons (Fsp3) is 0.316. The summed E-state index contributed by atoms with van der Waals surface area (Å²) in [6.45, 7) is 0. The highest BCUT2D eigenvalue weighted by atomic mass is 16.5. The largest absolute Gasteiger partial charge is 0.495 e. The number of nitrogens with one attached hydrogen (secondary N) is 2. The molecule has 2 aromatic rings. The molecule has 0 saturated heterocycles. The molecule has 0 spiro atoms. The molecule has 0 atom stereocenters. The first kappa shape index (κ1) is 16.2. The number of carbonyl (C=O) groups is 1. The van der Waals surface area contributed by atoms with Gasteiger partial charge in [0.1, 0.15) is 11.5 Å². The zero-order chi connectivity index (χ0) is 16.8. The zero-order valence-electron chi connectivity index (χ0n) is 13.7. The second-order valence-electron chi connectivity index (χ2n) is 5.83. The van der Waals surface area contributed by atoms with Crippen molar-refractivity contribution in [3.63, 3.8) is 0 Å². The summed E-state index contributed by atoms with van der Waals surface area (Å²) in [4.78, 5) is 12.1. The van der Waals surface area contributed by atoms with Crippen LogP contribution in [0.15, 0.2) is 48.5 Å². The van der Waals surface area contributed by atoms with Crippen molar-refractivity contribution in [2.45, 2.75) is 31.8 Å². The third-order valence-electron chi connectivity index (χ3n) is 4.07. The van der Waals surface area contributed by atoms with Gasteiger partial charge in [-0.15, -0.1) is 0 Å². The van der Waals surface area contributed by atoms with Crippen molar-refractivity contribution in [1.82, 2.24) is 0 Å². The van der Waals surface area contributed by atoms with Gasteiger partial charge < -0.3 is 20.1 Å². The third-order valence-corrected chi connectivity index (χ3v) is 4.07. The number of hydrogen-bond donors (Lipinski definition) is 2. The van der Waals surface area contributed by atoms with Crippen LogP contribution in [0.4, 0.5) is 16.2 Å². The van der Waals surface area contributed by atoms with Crippen LogP contribution < -0.4 is 20.1 Å². The number of para-hydroxylation sites is 2. The maximum absolute atomic E-state index is 12.1. The topological polar surface area (TPSA) is 59.6 Å². The molecule has 0 heterocycles. The molecule has 24 heavy (non-hydrogen) atoms. The van der Waals surface area contributed by atoms with Gasteiger partial charge in [0.15, 0.2) is 0 Å². The van der Waals surface area contributed by atoms with E-state index in [1.165, 1.54) is 12.8 Å². The number of urea groups is 1. The minimum atomic E-state index is -0.316. The predicted octanol–water partition coefficient (Wildman–Crippen LogP) is 4.66. The Morgan fingerprint density at radius 1 is 1.00 bits per heavy atom. The molecule has 1 aliphatic rings. The number of benzene rings is 2. The lowest BCUT2D eigenvalue weighted by molar-refractivity contribution is 0.210. The van der Waals surface area contributed by atoms with Crippen molar-refractivity contribution in [2.75, 3.05) is 17.7 Å². The summed E-state index contributed by atoms with van der Waals surface area (Å²) in [6.07, 6.45) is 5.07. The molecule has 126 valence electrons. The van der Waals surface area contributed by atoms with Crippen LogP contribution in [0.25, 0.3) is 0 Å². The summed E-state index contributed by atoms with van der Waals surface area (Å²) in [6, 6.07) is 14.4. The van der Waals surface area contributed by atoms with Crippen LogP contribution in [0.5, 0.6) is 11.5 Å². The van der Waals surface area contributed by atoms with Gasteiger partial charge in [0.2, 0.25) is 0 Å². The fourth-order valence-electron chi connectivity index (χ4n) is 2.85. The van der Waals surface area contributed by atoms with Gasteiger partial charge in [-0.05, 0) is 62.1 Å². The molecule has 2 N–H and O–H groups in total. The highest BCUT2D eigenvalue weighted by Crippen LogP contribution is 2.26. The van der Waals surface area contributed by atoms with E-state index in [9.17, 15) is 4.79 Å². The van der Waals surface area contributed by atoms with E-state index in [-0.39, 0.29) is 6.03 Å². The molecule has 2 aromatic carbocycles. The van der Waals surface area contributed by atoms with E-state index in [4.69, 9.17) is 9.47 Å². The average molecular weight is 326 g/mol. The number of hydrogen-bond acceptors (Lipinski definition) is 3. The molecule has 0 aliphatic heterocycles. The Balaban J connectivity index is 1.56. The van der Waals surface area contributed by atoms with Crippen molar-refractivity contribution in [3.8, 4) is 11.5 Å². The monoisotopic (exact) mass is 326 g/mol. The van der Waals surface area contributed by atoms with Crippen molar-refractivity contribution in [2.24, 2.45) is 0 Å². The van der Waals surface area contributed by atoms with Gasteiger partial charge in [-0.3, -0.25) is 0 Å². The van der Waals surface area contributed by atoms with Gasteiger partial charge in [0, 0.05) is 5.69 Å². The minimum absolute atomic E-state index is 0.316. The SMILES string of the molecule is COc1ccccc1NC(=O)Nc1ccc(OC2CCCC2)cc1.